The highest BCUT2D eigenvalue weighted by Crippen LogP contribution is 2.38. The highest BCUT2D eigenvalue weighted by molar-refractivity contribution is 5.81. The molecule has 0 aliphatic carbocycles. The summed E-state index contributed by atoms with van der Waals surface area (Å²) in [5, 5.41) is 4.02. The molecule has 3 aromatic rings. The molecule has 0 atom stereocenters. The molecule has 0 radical (unpaired) electrons. The topological polar surface area (TPSA) is 39.4 Å². The van der Waals surface area contributed by atoms with E-state index in [0.29, 0.717) is 29.1 Å². The van der Waals surface area contributed by atoms with Gasteiger partial charge in [0, 0.05) is 17.3 Å². The van der Waals surface area contributed by atoms with Gasteiger partial charge in [0.25, 0.3) is 0 Å². The van der Waals surface area contributed by atoms with Gasteiger partial charge in [-0.1, -0.05) is 13.8 Å². The summed E-state index contributed by atoms with van der Waals surface area (Å²) in [6.07, 6.45) is -1.38. The lowest BCUT2D eigenvalue weighted by Crippen LogP contribution is -2.08. The molecule has 0 fully saturated rings. The van der Waals surface area contributed by atoms with Gasteiger partial charge in [0.1, 0.15) is 12.1 Å². The predicted octanol–water partition coefficient (Wildman–Crippen LogP) is 4.45. The summed E-state index contributed by atoms with van der Waals surface area (Å²) >= 11 is 0. The van der Waals surface area contributed by atoms with Gasteiger partial charge in [-0.15, -0.1) is 0 Å². The summed E-state index contributed by atoms with van der Waals surface area (Å²) in [5.74, 6) is 0.650. The normalized spacial score (nSPS) is 12.1. The fraction of sp³-hybridized carbons (Fsp3) is 0.294. The summed E-state index contributed by atoms with van der Waals surface area (Å²) in [5.41, 5.74) is 0.645. The van der Waals surface area contributed by atoms with Crippen molar-refractivity contribution in [3.8, 4) is 16.9 Å². The van der Waals surface area contributed by atoms with E-state index in [9.17, 15) is 13.2 Å². The van der Waals surface area contributed by atoms with Crippen LogP contribution in [0.2, 0.25) is 0 Å². The van der Waals surface area contributed by atoms with Crippen LogP contribution in [0, 0.1) is 5.92 Å². The largest absolute Gasteiger partial charge is 0.493 e. The van der Waals surface area contributed by atoms with E-state index < -0.39 is 11.7 Å². The van der Waals surface area contributed by atoms with Gasteiger partial charge in [-0.2, -0.15) is 18.3 Å². The van der Waals surface area contributed by atoms with E-state index in [0.717, 1.165) is 12.1 Å². The molecule has 2 heterocycles. The van der Waals surface area contributed by atoms with Crippen molar-refractivity contribution in [3.05, 3.63) is 48.4 Å². The van der Waals surface area contributed by atoms with Crippen LogP contribution < -0.4 is 4.74 Å². The molecule has 0 aliphatic heterocycles. The lowest BCUT2D eigenvalue weighted by Gasteiger charge is -2.16. The Morgan fingerprint density at radius 2 is 1.96 bits per heavy atom. The first kappa shape index (κ1) is 16.3. The van der Waals surface area contributed by atoms with Gasteiger partial charge in [-0.05, 0) is 36.2 Å². The number of alkyl halides is 3. The fourth-order valence-electron chi connectivity index (χ4n) is 2.36. The monoisotopic (exact) mass is 335 g/mol. The van der Waals surface area contributed by atoms with Gasteiger partial charge in [-0.25, -0.2) is 9.50 Å². The van der Waals surface area contributed by atoms with Crippen molar-refractivity contribution in [2.75, 3.05) is 6.61 Å². The molecule has 0 bridgehead atoms. The standard InChI is InChI=1S/C17H16F3N3O/c1-11(2)9-24-15-6-5-12(17(18,19)20)8-14(15)13-4-3-7-23-16(13)21-10-22-23/h3-8,10-11H,9H2,1-2H3. The number of pyridine rings is 1. The Hall–Kier alpha value is -2.57. The van der Waals surface area contributed by atoms with Crippen molar-refractivity contribution in [1.29, 1.82) is 0 Å². The Morgan fingerprint density at radius 3 is 2.67 bits per heavy atom. The number of hydrogen-bond acceptors (Lipinski definition) is 3. The average Bonchev–Trinajstić information content (AvgIpc) is 3.00. The maximum absolute atomic E-state index is 13.1. The van der Waals surface area contributed by atoms with Gasteiger partial charge in [0.15, 0.2) is 5.65 Å². The van der Waals surface area contributed by atoms with Gasteiger partial charge in [-0.3, -0.25) is 0 Å². The SMILES string of the molecule is CC(C)COc1ccc(C(F)(F)F)cc1-c1cccn2ncnc12. The number of ether oxygens (including phenoxy) is 1. The lowest BCUT2D eigenvalue weighted by molar-refractivity contribution is -0.137. The van der Waals surface area contributed by atoms with E-state index in [1.165, 1.54) is 16.9 Å². The van der Waals surface area contributed by atoms with Gasteiger partial charge in [0.2, 0.25) is 0 Å². The van der Waals surface area contributed by atoms with Crippen molar-refractivity contribution in [1.82, 2.24) is 14.6 Å². The van der Waals surface area contributed by atoms with Crippen molar-refractivity contribution in [2.45, 2.75) is 20.0 Å². The van der Waals surface area contributed by atoms with Crippen LogP contribution in [0.3, 0.4) is 0 Å². The third kappa shape index (κ3) is 3.20. The summed E-state index contributed by atoms with van der Waals surface area (Å²) in [6.45, 7) is 4.36. The summed E-state index contributed by atoms with van der Waals surface area (Å²) in [4.78, 5) is 4.14. The minimum atomic E-state index is -4.43. The highest BCUT2D eigenvalue weighted by atomic mass is 19.4. The molecule has 2 aromatic heterocycles. The molecule has 3 rings (SSSR count). The van der Waals surface area contributed by atoms with E-state index in [-0.39, 0.29) is 5.92 Å². The van der Waals surface area contributed by atoms with Crippen LogP contribution in [0.15, 0.2) is 42.9 Å². The minimum Gasteiger partial charge on any atom is -0.493 e. The highest BCUT2D eigenvalue weighted by Gasteiger charge is 2.31. The molecular weight excluding hydrogens is 319 g/mol. The Labute approximate surface area is 136 Å². The van der Waals surface area contributed by atoms with Gasteiger partial charge in [0.05, 0.1) is 12.2 Å². The number of nitrogens with zero attached hydrogens (tertiary/aromatic N) is 3. The van der Waals surface area contributed by atoms with Crippen LogP contribution in [-0.2, 0) is 6.18 Å². The number of hydrogen-bond donors (Lipinski definition) is 0. The Balaban J connectivity index is 2.17. The van der Waals surface area contributed by atoms with Crippen molar-refractivity contribution >= 4 is 5.65 Å². The average molecular weight is 335 g/mol. The molecule has 0 aliphatic rings. The first-order chi connectivity index (χ1) is 11.4. The molecular formula is C17H16F3N3O. The van der Waals surface area contributed by atoms with E-state index >= 15 is 0 Å². The third-order valence-electron chi connectivity index (χ3n) is 3.47. The molecule has 0 amide bonds. The Morgan fingerprint density at radius 1 is 1.17 bits per heavy atom. The van der Waals surface area contributed by atoms with Crippen LogP contribution in [-0.4, -0.2) is 21.2 Å². The molecule has 4 nitrogen and oxygen atoms in total. The quantitative estimate of drug-likeness (QED) is 0.707. The summed E-state index contributed by atoms with van der Waals surface area (Å²) in [6, 6.07) is 6.91. The van der Waals surface area contributed by atoms with Crippen molar-refractivity contribution in [3.63, 3.8) is 0 Å². The first-order valence-electron chi connectivity index (χ1n) is 7.49. The van der Waals surface area contributed by atoms with Crippen LogP contribution in [0.4, 0.5) is 13.2 Å². The zero-order chi connectivity index (χ0) is 17.3. The van der Waals surface area contributed by atoms with Crippen molar-refractivity contribution < 1.29 is 17.9 Å². The van der Waals surface area contributed by atoms with Crippen molar-refractivity contribution in [2.24, 2.45) is 5.92 Å². The van der Waals surface area contributed by atoms with E-state index in [1.807, 2.05) is 13.8 Å². The molecule has 0 spiro atoms. The third-order valence-corrected chi connectivity index (χ3v) is 3.47. The van der Waals surface area contributed by atoms with Crippen LogP contribution >= 0.6 is 0 Å². The first-order valence-corrected chi connectivity index (χ1v) is 7.49. The Kier molecular flexibility index (Phi) is 4.17. The number of benzene rings is 1. The number of rotatable bonds is 4. The van der Waals surface area contributed by atoms with Crippen LogP contribution in [0.5, 0.6) is 5.75 Å². The van der Waals surface area contributed by atoms with Crippen LogP contribution in [0.1, 0.15) is 19.4 Å². The summed E-state index contributed by atoms with van der Waals surface area (Å²) < 4.78 is 46.6. The zero-order valence-corrected chi connectivity index (χ0v) is 13.2. The molecule has 7 heteroatoms. The molecule has 24 heavy (non-hydrogen) atoms. The molecule has 0 saturated carbocycles. The second kappa shape index (κ2) is 6.14. The van der Waals surface area contributed by atoms with Gasteiger partial charge >= 0.3 is 6.18 Å². The maximum Gasteiger partial charge on any atom is 0.416 e. The van der Waals surface area contributed by atoms with E-state index in [4.69, 9.17) is 4.74 Å². The number of aromatic nitrogens is 3. The number of fused-ring (bicyclic) bond motifs is 1. The second-order valence-electron chi connectivity index (χ2n) is 5.86. The molecule has 126 valence electrons. The predicted molar refractivity (Wildman–Crippen MR) is 83.8 cm³/mol. The molecule has 1 aromatic carbocycles. The van der Waals surface area contributed by atoms with Gasteiger partial charge < -0.3 is 4.74 Å². The van der Waals surface area contributed by atoms with Crippen LogP contribution in [0.25, 0.3) is 16.8 Å². The lowest BCUT2D eigenvalue weighted by atomic mass is 10.0. The number of halogens is 3. The molecule has 0 saturated heterocycles. The minimum absolute atomic E-state index is 0.254. The van der Waals surface area contributed by atoms with E-state index in [2.05, 4.69) is 10.1 Å². The maximum atomic E-state index is 13.1. The van der Waals surface area contributed by atoms with E-state index in [1.54, 1.807) is 18.3 Å². The molecule has 0 unspecified atom stereocenters. The summed E-state index contributed by atoms with van der Waals surface area (Å²) in [7, 11) is 0. The fourth-order valence-corrected chi connectivity index (χ4v) is 2.36. The second-order valence-corrected chi connectivity index (χ2v) is 5.86. The smallest absolute Gasteiger partial charge is 0.416 e. The Bertz CT molecular complexity index is 856. The molecule has 0 N–H and O–H groups in total. The zero-order valence-electron chi connectivity index (χ0n) is 13.2.